The first kappa shape index (κ1) is 13.3. The number of aliphatic carboxylic acids is 1. The van der Waals surface area contributed by atoms with Crippen molar-refractivity contribution in [2.45, 2.75) is 32.1 Å². The Morgan fingerprint density at radius 1 is 1.44 bits per heavy atom. The van der Waals surface area contributed by atoms with Crippen LogP contribution in [-0.4, -0.2) is 36.9 Å². The van der Waals surface area contributed by atoms with E-state index in [0.717, 1.165) is 0 Å². The number of halogens is 2. The fourth-order valence-electron chi connectivity index (χ4n) is 2.08. The number of rotatable bonds is 3. The predicted octanol–water partition coefficient (Wildman–Crippen LogP) is 1.31. The molecule has 0 aromatic rings. The number of carbonyl (C=O) groups is 1. The van der Waals surface area contributed by atoms with E-state index in [2.05, 4.69) is 0 Å². The Kier molecular flexibility index (Phi) is 3.29. The van der Waals surface area contributed by atoms with Gasteiger partial charge in [0, 0.05) is 6.42 Å². The van der Waals surface area contributed by atoms with E-state index in [1.54, 1.807) is 6.92 Å². The largest absolute Gasteiger partial charge is 0.481 e. The standard InChI is InChI=1S/C9H14F2O4S/c1-2-3-8(7(12)13)6-16(14,15)5-4-9(8,10)11/h2-6H2,1H3,(H,12,13). The van der Waals surface area contributed by atoms with Crippen molar-refractivity contribution in [1.29, 1.82) is 0 Å². The van der Waals surface area contributed by atoms with Gasteiger partial charge < -0.3 is 5.11 Å². The molecule has 0 aromatic heterocycles. The van der Waals surface area contributed by atoms with E-state index in [1.807, 2.05) is 0 Å². The number of sulfone groups is 1. The van der Waals surface area contributed by atoms with Crippen molar-refractivity contribution < 1.29 is 27.1 Å². The normalized spacial score (nSPS) is 32.2. The van der Waals surface area contributed by atoms with Gasteiger partial charge >= 0.3 is 5.97 Å². The third kappa shape index (κ3) is 2.05. The second-order valence-electron chi connectivity index (χ2n) is 4.18. The molecule has 1 rings (SSSR count). The van der Waals surface area contributed by atoms with Crippen LogP contribution in [0.1, 0.15) is 26.2 Å². The Bertz CT molecular complexity index is 390. The summed E-state index contributed by atoms with van der Waals surface area (Å²) in [4.78, 5) is 11.0. The van der Waals surface area contributed by atoms with E-state index in [-0.39, 0.29) is 12.8 Å². The van der Waals surface area contributed by atoms with E-state index in [4.69, 9.17) is 5.11 Å². The monoisotopic (exact) mass is 256 g/mol. The Labute approximate surface area is 92.6 Å². The van der Waals surface area contributed by atoms with E-state index in [9.17, 15) is 22.0 Å². The average Bonchev–Trinajstić information content (AvgIpc) is 2.12. The maximum Gasteiger partial charge on any atom is 0.316 e. The van der Waals surface area contributed by atoms with Crippen molar-refractivity contribution in [1.82, 2.24) is 0 Å². The lowest BCUT2D eigenvalue weighted by molar-refractivity contribution is -0.178. The lowest BCUT2D eigenvalue weighted by Crippen LogP contribution is -2.56. The molecule has 0 aromatic carbocycles. The molecule has 1 aliphatic heterocycles. The number of hydrogen-bond acceptors (Lipinski definition) is 3. The van der Waals surface area contributed by atoms with Crippen molar-refractivity contribution in [3.8, 4) is 0 Å². The third-order valence-corrected chi connectivity index (χ3v) is 4.74. The van der Waals surface area contributed by atoms with Crippen LogP contribution in [0.4, 0.5) is 8.78 Å². The summed E-state index contributed by atoms with van der Waals surface area (Å²) >= 11 is 0. The minimum Gasteiger partial charge on any atom is -0.481 e. The maximum atomic E-state index is 13.7. The van der Waals surface area contributed by atoms with E-state index in [0.29, 0.717) is 0 Å². The topological polar surface area (TPSA) is 71.4 Å². The molecule has 94 valence electrons. The van der Waals surface area contributed by atoms with Crippen LogP contribution in [0.25, 0.3) is 0 Å². The first-order chi connectivity index (χ1) is 7.17. The second kappa shape index (κ2) is 3.94. The Hall–Kier alpha value is -0.720. The molecule has 0 bridgehead atoms. The zero-order valence-electron chi connectivity index (χ0n) is 8.87. The van der Waals surface area contributed by atoms with Gasteiger partial charge in [0.25, 0.3) is 5.92 Å². The highest BCUT2D eigenvalue weighted by molar-refractivity contribution is 7.91. The molecule has 4 nitrogen and oxygen atoms in total. The summed E-state index contributed by atoms with van der Waals surface area (Å²) in [6.45, 7) is 1.56. The maximum absolute atomic E-state index is 13.7. The van der Waals surface area contributed by atoms with Gasteiger partial charge in [-0.1, -0.05) is 13.3 Å². The van der Waals surface area contributed by atoms with Gasteiger partial charge in [0.2, 0.25) is 0 Å². The highest BCUT2D eigenvalue weighted by atomic mass is 32.2. The zero-order valence-corrected chi connectivity index (χ0v) is 9.69. The van der Waals surface area contributed by atoms with Gasteiger partial charge in [-0.2, -0.15) is 0 Å². The smallest absolute Gasteiger partial charge is 0.316 e. The molecule has 1 saturated heterocycles. The molecular formula is C9H14F2O4S. The average molecular weight is 256 g/mol. The highest BCUT2D eigenvalue weighted by Crippen LogP contribution is 2.47. The molecule has 1 atom stereocenters. The van der Waals surface area contributed by atoms with Crippen molar-refractivity contribution in [3.05, 3.63) is 0 Å². The SMILES string of the molecule is CCCC1(C(=O)O)CS(=O)(=O)CCC1(F)F. The van der Waals surface area contributed by atoms with Crippen molar-refractivity contribution in [3.63, 3.8) is 0 Å². The van der Waals surface area contributed by atoms with Crippen molar-refractivity contribution >= 4 is 15.8 Å². The van der Waals surface area contributed by atoms with Crippen LogP contribution < -0.4 is 0 Å². The van der Waals surface area contributed by atoms with Crippen LogP contribution >= 0.6 is 0 Å². The fourth-order valence-corrected chi connectivity index (χ4v) is 4.02. The summed E-state index contributed by atoms with van der Waals surface area (Å²) < 4.78 is 50.0. The molecule has 7 heteroatoms. The molecular weight excluding hydrogens is 242 g/mol. The van der Waals surface area contributed by atoms with Gasteiger partial charge in [-0.25, -0.2) is 17.2 Å². The summed E-state index contributed by atoms with van der Waals surface area (Å²) in [5.41, 5.74) is -2.45. The third-order valence-electron chi connectivity index (χ3n) is 2.98. The Morgan fingerprint density at radius 2 is 2.00 bits per heavy atom. The molecule has 1 N–H and O–H groups in total. The first-order valence-corrected chi connectivity index (χ1v) is 6.81. The minimum atomic E-state index is -3.69. The summed E-state index contributed by atoms with van der Waals surface area (Å²) in [6.07, 6.45) is -1.02. The fraction of sp³-hybridized carbons (Fsp3) is 0.889. The van der Waals surface area contributed by atoms with Crippen molar-refractivity contribution in [2.24, 2.45) is 5.41 Å². The predicted molar refractivity (Wildman–Crippen MR) is 53.2 cm³/mol. The van der Waals surface area contributed by atoms with Crippen LogP contribution in [0.5, 0.6) is 0 Å². The van der Waals surface area contributed by atoms with Crippen LogP contribution in [0.2, 0.25) is 0 Å². The van der Waals surface area contributed by atoms with Crippen LogP contribution in [-0.2, 0) is 14.6 Å². The van der Waals surface area contributed by atoms with Crippen molar-refractivity contribution in [2.75, 3.05) is 11.5 Å². The van der Waals surface area contributed by atoms with Gasteiger partial charge in [0.1, 0.15) is 5.41 Å². The van der Waals surface area contributed by atoms with Gasteiger partial charge in [-0.15, -0.1) is 0 Å². The van der Waals surface area contributed by atoms with E-state index in [1.165, 1.54) is 0 Å². The Morgan fingerprint density at radius 3 is 2.44 bits per heavy atom. The number of carboxylic acid groups (broad SMARTS) is 1. The lowest BCUT2D eigenvalue weighted by Gasteiger charge is -2.39. The lowest BCUT2D eigenvalue weighted by atomic mass is 9.77. The molecule has 0 saturated carbocycles. The number of alkyl halides is 2. The molecule has 0 aliphatic carbocycles. The molecule has 0 spiro atoms. The minimum absolute atomic E-state index is 0.206. The molecule has 1 aliphatic rings. The van der Waals surface area contributed by atoms with Gasteiger partial charge in [0.05, 0.1) is 11.5 Å². The summed E-state index contributed by atoms with van der Waals surface area (Å²) in [5, 5.41) is 8.94. The van der Waals surface area contributed by atoms with Gasteiger partial charge in [-0.05, 0) is 6.42 Å². The first-order valence-electron chi connectivity index (χ1n) is 4.98. The number of carboxylic acids is 1. The molecule has 1 fully saturated rings. The molecule has 0 radical (unpaired) electrons. The molecule has 0 amide bonds. The van der Waals surface area contributed by atoms with E-state index < -0.39 is 45.1 Å². The summed E-state index contributed by atoms with van der Waals surface area (Å²) in [6, 6.07) is 0. The van der Waals surface area contributed by atoms with Crippen LogP contribution in [0.15, 0.2) is 0 Å². The summed E-state index contributed by atoms with van der Waals surface area (Å²) in [5.74, 6) is -6.78. The summed E-state index contributed by atoms with van der Waals surface area (Å²) in [7, 11) is -3.69. The van der Waals surface area contributed by atoms with E-state index >= 15 is 0 Å². The molecule has 16 heavy (non-hydrogen) atoms. The van der Waals surface area contributed by atoms with Crippen LogP contribution in [0, 0.1) is 5.41 Å². The number of hydrogen-bond donors (Lipinski definition) is 1. The highest BCUT2D eigenvalue weighted by Gasteiger charge is 2.63. The second-order valence-corrected chi connectivity index (χ2v) is 6.37. The molecule has 1 unspecified atom stereocenters. The quantitative estimate of drug-likeness (QED) is 0.826. The van der Waals surface area contributed by atoms with Gasteiger partial charge in [0.15, 0.2) is 9.84 Å². The van der Waals surface area contributed by atoms with Crippen LogP contribution in [0.3, 0.4) is 0 Å². The van der Waals surface area contributed by atoms with Gasteiger partial charge in [-0.3, -0.25) is 4.79 Å². The zero-order chi connectivity index (χ0) is 12.6. The Balaban J connectivity index is 3.24. The molecule has 1 heterocycles.